The molecule has 0 atom stereocenters. The largest absolute Gasteiger partial charge is 0.326 e. The molecule has 2 nitrogen and oxygen atoms in total. The summed E-state index contributed by atoms with van der Waals surface area (Å²) in [4.78, 5) is 11.4. The topological polar surface area (TPSA) is 29.1 Å². The normalized spacial score (nSPS) is 15.7. The van der Waals surface area contributed by atoms with Gasteiger partial charge in [0.25, 0.3) is 0 Å². The maximum atomic E-state index is 11.4. The van der Waals surface area contributed by atoms with Crippen molar-refractivity contribution in [2.24, 2.45) is 0 Å². The van der Waals surface area contributed by atoms with Gasteiger partial charge < -0.3 is 5.32 Å². The van der Waals surface area contributed by atoms with E-state index >= 15 is 0 Å². The summed E-state index contributed by atoms with van der Waals surface area (Å²) in [5, 5.41) is 2.97. The van der Waals surface area contributed by atoms with Crippen molar-refractivity contribution in [1.29, 1.82) is 0 Å². The maximum absolute atomic E-state index is 11.4. The zero-order chi connectivity index (χ0) is 10.1. The maximum Gasteiger partial charge on any atom is 0.224 e. The zero-order valence-corrected chi connectivity index (χ0v) is 8.68. The molecule has 0 spiro atoms. The number of fused-ring (bicyclic) bond motifs is 1. The van der Waals surface area contributed by atoms with E-state index in [9.17, 15) is 4.79 Å². The molecule has 1 aromatic carbocycles. The Morgan fingerprint density at radius 3 is 2.79 bits per heavy atom. The van der Waals surface area contributed by atoms with Gasteiger partial charge in [0, 0.05) is 12.1 Å². The van der Waals surface area contributed by atoms with Crippen molar-refractivity contribution in [2.75, 3.05) is 5.32 Å². The number of rotatable bonds is 0. The molecular formula is C12H15NO. The standard InChI is InChI=1S/C12H15NO/c1-8-6-9(2)10-4-3-5-12(14)13-11(10)7-8/h6-7H,3-5H2,1-2H3,(H,13,14). The number of carbonyl (C=O) groups excluding carboxylic acids is 1. The summed E-state index contributed by atoms with van der Waals surface area (Å²) in [5.74, 6) is 0.147. The third-order valence-electron chi connectivity index (χ3n) is 2.72. The first-order chi connectivity index (χ1) is 6.66. The third kappa shape index (κ3) is 1.65. The van der Waals surface area contributed by atoms with Crippen LogP contribution in [0.3, 0.4) is 0 Å². The number of carbonyl (C=O) groups is 1. The lowest BCUT2D eigenvalue weighted by molar-refractivity contribution is -0.116. The van der Waals surface area contributed by atoms with E-state index in [-0.39, 0.29) is 5.91 Å². The Bertz CT molecular complexity index is 382. The van der Waals surface area contributed by atoms with Gasteiger partial charge in [0.15, 0.2) is 0 Å². The summed E-state index contributed by atoms with van der Waals surface area (Å²) in [6, 6.07) is 4.24. The number of hydrogen-bond acceptors (Lipinski definition) is 1. The molecule has 0 saturated carbocycles. The minimum atomic E-state index is 0.147. The van der Waals surface area contributed by atoms with Crippen molar-refractivity contribution in [1.82, 2.24) is 0 Å². The highest BCUT2D eigenvalue weighted by Crippen LogP contribution is 2.26. The molecule has 0 radical (unpaired) electrons. The van der Waals surface area contributed by atoms with Crippen molar-refractivity contribution in [3.63, 3.8) is 0 Å². The summed E-state index contributed by atoms with van der Waals surface area (Å²) in [5.41, 5.74) is 4.83. The smallest absolute Gasteiger partial charge is 0.224 e. The number of aryl methyl sites for hydroxylation is 2. The van der Waals surface area contributed by atoms with Crippen molar-refractivity contribution in [3.8, 4) is 0 Å². The molecule has 1 aromatic rings. The van der Waals surface area contributed by atoms with E-state index in [1.165, 1.54) is 16.7 Å². The van der Waals surface area contributed by atoms with Crippen LogP contribution in [0.15, 0.2) is 12.1 Å². The lowest BCUT2D eigenvalue weighted by Gasteiger charge is -2.10. The highest BCUT2D eigenvalue weighted by Gasteiger charge is 2.14. The molecule has 0 fully saturated rings. The third-order valence-corrected chi connectivity index (χ3v) is 2.72. The minimum absolute atomic E-state index is 0.147. The Labute approximate surface area is 84.3 Å². The van der Waals surface area contributed by atoms with Gasteiger partial charge in [-0.25, -0.2) is 0 Å². The van der Waals surface area contributed by atoms with Crippen LogP contribution < -0.4 is 5.32 Å². The molecule has 2 rings (SSSR count). The molecule has 0 aromatic heterocycles. The number of amides is 1. The Morgan fingerprint density at radius 2 is 2.00 bits per heavy atom. The van der Waals surface area contributed by atoms with E-state index in [1.54, 1.807) is 0 Å². The average molecular weight is 189 g/mol. The predicted octanol–water partition coefficient (Wildman–Crippen LogP) is 2.58. The van der Waals surface area contributed by atoms with Crippen LogP contribution in [0.2, 0.25) is 0 Å². The second-order valence-corrected chi connectivity index (χ2v) is 4.01. The molecule has 0 saturated heterocycles. The number of hydrogen-bond donors (Lipinski definition) is 1. The van der Waals surface area contributed by atoms with E-state index in [0.29, 0.717) is 6.42 Å². The van der Waals surface area contributed by atoms with Gasteiger partial charge in [-0.1, -0.05) is 6.07 Å². The summed E-state index contributed by atoms with van der Waals surface area (Å²) >= 11 is 0. The van der Waals surface area contributed by atoms with Crippen molar-refractivity contribution in [2.45, 2.75) is 33.1 Å². The number of anilines is 1. The molecule has 1 aliphatic heterocycles. The van der Waals surface area contributed by atoms with Crippen LogP contribution in [-0.4, -0.2) is 5.91 Å². The van der Waals surface area contributed by atoms with E-state index in [4.69, 9.17) is 0 Å². The van der Waals surface area contributed by atoms with Crippen LogP contribution in [0.1, 0.15) is 29.5 Å². The first-order valence-electron chi connectivity index (χ1n) is 5.07. The van der Waals surface area contributed by atoms with E-state index < -0.39 is 0 Å². The highest BCUT2D eigenvalue weighted by atomic mass is 16.1. The quantitative estimate of drug-likeness (QED) is 0.667. The summed E-state index contributed by atoms with van der Waals surface area (Å²) in [7, 11) is 0. The Morgan fingerprint density at radius 1 is 1.21 bits per heavy atom. The van der Waals surface area contributed by atoms with Gasteiger partial charge in [0.05, 0.1) is 0 Å². The fourth-order valence-corrected chi connectivity index (χ4v) is 2.08. The van der Waals surface area contributed by atoms with Crippen LogP contribution >= 0.6 is 0 Å². The van der Waals surface area contributed by atoms with Gasteiger partial charge in [-0.3, -0.25) is 4.79 Å². The fraction of sp³-hybridized carbons (Fsp3) is 0.417. The molecular weight excluding hydrogens is 174 g/mol. The highest BCUT2D eigenvalue weighted by molar-refractivity contribution is 5.92. The number of nitrogens with one attached hydrogen (secondary N) is 1. The van der Waals surface area contributed by atoms with Gasteiger partial charge >= 0.3 is 0 Å². The molecule has 14 heavy (non-hydrogen) atoms. The second-order valence-electron chi connectivity index (χ2n) is 4.01. The minimum Gasteiger partial charge on any atom is -0.326 e. The molecule has 74 valence electrons. The summed E-state index contributed by atoms with van der Waals surface area (Å²) in [6.45, 7) is 4.17. The first kappa shape index (κ1) is 9.25. The van der Waals surface area contributed by atoms with Crippen LogP contribution in [0.5, 0.6) is 0 Å². The van der Waals surface area contributed by atoms with Crippen LogP contribution in [0.4, 0.5) is 5.69 Å². The number of benzene rings is 1. The van der Waals surface area contributed by atoms with Crippen molar-refractivity contribution < 1.29 is 4.79 Å². The molecule has 1 N–H and O–H groups in total. The monoisotopic (exact) mass is 189 g/mol. The molecule has 1 amide bonds. The van der Waals surface area contributed by atoms with Crippen LogP contribution in [-0.2, 0) is 11.2 Å². The van der Waals surface area contributed by atoms with Gasteiger partial charge in [0.2, 0.25) is 5.91 Å². The van der Waals surface area contributed by atoms with Crippen molar-refractivity contribution >= 4 is 11.6 Å². The van der Waals surface area contributed by atoms with Gasteiger partial charge in [0.1, 0.15) is 0 Å². The molecule has 1 aliphatic rings. The Kier molecular flexibility index (Phi) is 2.28. The molecule has 2 heteroatoms. The van der Waals surface area contributed by atoms with Gasteiger partial charge in [-0.15, -0.1) is 0 Å². The second kappa shape index (κ2) is 3.45. The van der Waals surface area contributed by atoms with Gasteiger partial charge in [-0.2, -0.15) is 0 Å². The Hall–Kier alpha value is -1.31. The summed E-state index contributed by atoms with van der Waals surface area (Å²) < 4.78 is 0. The van der Waals surface area contributed by atoms with E-state index in [0.717, 1.165) is 18.5 Å². The lowest BCUT2D eigenvalue weighted by Crippen LogP contribution is -2.09. The van der Waals surface area contributed by atoms with Gasteiger partial charge in [-0.05, 0) is 49.4 Å². The fourth-order valence-electron chi connectivity index (χ4n) is 2.08. The molecule has 0 unspecified atom stereocenters. The lowest BCUT2D eigenvalue weighted by atomic mass is 10.00. The van der Waals surface area contributed by atoms with E-state index in [1.807, 2.05) is 0 Å². The zero-order valence-electron chi connectivity index (χ0n) is 8.68. The summed E-state index contributed by atoms with van der Waals surface area (Å²) in [6.07, 6.45) is 2.62. The average Bonchev–Trinajstić information content (AvgIpc) is 2.25. The van der Waals surface area contributed by atoms with Crippen LogP contribution in [0, 0.1) is 13.8 Å². The van der Waals surface area contributed by atoms with Crippen molar-refractivity contribution in [3.05, 3.63) is 28.8 Å². The molecule has 0 bridgehead atoms. The molecule has 0 aliphatic carbocycles. The van der Waals surface area contributed by atoms with Crippen LogP contribution in [0.25, 0.3) is 0 Å². The SMILES string of the molecule is Cc1cc(C)c2c(c1)NC(=O)CCC2. The van der Waals surface area contributed by atoms with E-state index in [2.05, 4.69) is 31.3 Å². The predicted molar refractivity (Wildman–Crippen MR) is 57.5 cm³/mol. The first-order valence-corrected chi connectivity index (χ1v) is 5.07. The molecule has 1 heterocycles. The Balaban J connectivity index is 2.50.